The Balaban J connectivity index is 2.37. The van der Waals surface area contributed by atoms with E-state index in [-0.39, 0.29) is 0 Å². The number of alkyl halides is 2. The molecule has 0 aromatic carbocycles. The van der Waals surface area contributed by atoms with Crippen molar-refractivity contribution in [2.45, 2.75) is 26.1 Å². The number of hydrogen-bond acceptors (Lipinski definition) is 1. The van der Waals surface area contributed by atoms with E-state index in [4.69, 9.17) is 0 Å². The molecular formula is C8H10F2O. The summed E-state index contributed by atoms with van der Waals surface area (Å²) >= 11 is 0. The van der Waals surface area contributed by atoms with Crippen molar-refractivity contribution in [2.24, 2.45) is 0 Å². The summed E-state index contributed by atoms with van der Waals surface area (Å²) in [4.78, 5) is 0. The van der Waals surface area contributed by atoms with E-state index in [1.165, 1.54) is 0 Å². The monoisotopic (exact) mass is 160 g/mol. The Hall–Kier alpha value is -0.700. The molecular weight excluding hydrogens is 150 g/mol. The quantitative estimate of drug-likeness (QED) is 0.603. The van der Waals surface area contributed by atoms with Crippen molar-refractivity contribution in [3.05, 3.63) is 23.8 Å². The number of rotatable bonds is 2. The summed E-state index contributed by atoms with van der Waals surface area (Å²) in [6, 6.07) is 0. The number of allylic oxidation sites excluding steroid dienone is 2. The lowest BCUT2D eigenvalue weighted by Gasteiger charge is -2.14. The summed E-state index contributed by atoms with van der Waals surface area (Å²) in [7, 11) is 0. The number of hydrogen-bond donors (Lipinski definition) is 0. The Morgan fingerprint density at radius 2 is 2.36 bits per heavy atom. The molecule has 0 N–H and O–H groups in total. The fraction of sp³-hybridized carbons (Fsp3) is 0.500. The molecule has 0 spiro atoms. The van der Waals surface area contributed by atoms with Crippen LogP contribution in [0.1, 0.15) is 13.3 Å². The average molecular weight is 160 g/mol. The third kappa shape index (κ3) is 2.80. The summed E-state index contributed by atoms with van der Waals surface area (Å²) in [5.41, 5.74) is 1.10. The fourth-order valence-electron chi connectivity index (χ4n) is 0.941. The Labute approximate surface area is 64.4 Å². The van der Waals surface area contributed by atoms with Crippen LogP contribution in [0.4, 0.5) is 8.78 Å². The second kappa shape index (κ2) is 3.62. The van der Waals surface area contributed by atoms with Crippen molar-refractivity contribution in [2.75, 3.05) is 0 Å². The van der Waals surface area contributed by atoms with Gasteiger partial charge in [0.1, 0.15) is 0 Å². The van der Waals surface area contributed by atoms with E-state index in [1.54, 1.807) is 12.2 Å². The molecule has 0 aliphatic heterocycles. The van der Waals surface area contributed by atoms with Gasteiger partial charge < -0.3 is 4.74 Å². The molecule has 1 aliphatic rings. The number of ether oxygens (including phenoxy) is 1. The van der Waals surface area contributed by atoms with Crippen molar-refractivity contribution in [3.63, 3.8) is 0 Å². The van der Waals surface area contributed by atoms with Crippen molar-refractivity contribution in [1.29, 1.82) is 0 Å². The van der Waals surface area contributed by atoms with Gasteiger partial charge in [-0.05, 0) is 13.3 Å². The molecule has 62 valence electrons. The second-order valence-corrected chi connectivity index (χ2v) is 2.48. The van der Waals surface area contributed by atoms with E-state index in [1.807, 2.05) is 13.0 Å². The van der Waals surface area contributed by atoms with Gasteiger partial charge in [0.05, 0.1) is 6.10 Å². The summed E-state index contributed by atoms with van der Waals surface area (Å²) in [5.74, 6) is 0. The first-order chi connectivity index (χ1) is 5.18. The van der Waals surface area contributed by atoms with Gasteiger partial charge in [-0.2, -0.15) is 8.78 Å². The molecule has 0 heterocycles. The molecule has 1 unspecified atom stereocenters. The van der Waals surface area contributed by atoms with Crippen LogP contribution in [0.5, 0.6) is 0 Å². The minimum Gasteiger partial charge on any atom is -0.315 e. The van der Waals surface area contributed by atoms with Crippen molar-refractivity contribution >= 4 is 0 Å². The van der Waals surface area contributed by atoms with Crippen LogP contribution < -0.4 is 0 Å². The lowest BCUT2D eigenvalue weighted by atomic mass is 10.1. The molecule has 0 saturated carbocycles. The van der Waals surface area contributed by atoms with E-state index >= 15 is 0 Å². The summed E-state index contributed by atoms with van der Waals surface area (Å²) in [5, 5.41) is 0. The van der Waals surface area contributed by atoms with Gasteiger partial charge in [0.15, 0.2) is 0 Å². The van der Waals surface area contributed by atoms with Gasteiger partial charge in [0, 0.05) is 0 Å². The van der Waals surface area contributed by atoms with E-state index in [9.17, 15) is 8.78 Å². The zero-order valence-electron chi connectivity index (χ0n) is 6.26. The molecule has 1 atom stereocenters. The Morgan fingerprint density at radius 1 is 1.64 bits per heavy atom. The highest BCUT2D eigenvalue weighted by atomic mass is 19.3. The molecule has 0 aromatic heterocycles. The molecule has 0 fully saturated rings. The molecule has 1 nitrogen and oxygen atoms in total. The van der Waals surface area contributed by atoms with Gasteiger partial charge in [-0.25, -0.2) is 0 Å². The third-order valence-corrected chi connectivity index (χ3v) is 1.52. The molecule has 1 aliphatic carbocycles. The SMILES string of the molecule is CC1=CCC(OC(F)F)C=C1. The van der Waals surface area contributed by atoms with E-state index in [2.05, 4.69) is 4.74 Å². The molecule has 1 rings (SSSR count). The van der Waals surface area contributed by atoms with E-state index in [0.29, 0.717) is 6.42 Å². The Bertz CT molecular complexity index is 185. The first-order valence-corrected chi connectivity index (χ1v) is 3.47. The predicted octanol–water partition coefficient (Wildman–Crippen LogP) is 2.50. The lowest BCUT2D eigenvalue weighted by molar-refractivity contribution is -0.149. The first kappa shape index (κ1) is 8.40. The van der Waals surface area contributed by atoms with Crippen LogP contribution in [-0.4, -0.2) is 12.7 Å². The number of halogens is 2. The largest absolute Gasteiger partial charge is 0.345 e. The molecule has 0 radical (unpaired) electrons. The van der Waals surface area contributed by atoms with Gasteiger partial charge in [0.25, 0.3) is 0 Å². The maximum atomic E-state index is 11.6. The van der Waals surface area contributed by atoms with Gasteiger partial charge in [-0.3, -0.25) is 0 Å². The maximum absolute atomic E-state index is 11.6. The van der Waals surface area contributed by atoms with Crippen LogP contribution in [0.3, 0.4) is 0 Å². The van der Waals surface area contributed by atoms with Gasteiger partial charge in [0.2, 0.25) is 0 Å². The minimum absolute atomic E-state index is 0.446. The van der Waals surface area contributed by atoms with Gasteiger partial charge in [-0.15, -0.1) is 0 Å². The third-order valence-electron chi connectivity index (χ3n) is 1.52. The minimum atomic E-state index is -2.67. The Morgan fingerprint density at radius 3 is 2.82 bits per heavy atom. The first-order valence-electron chi connectivity index (χ1n) is 3.47. The van der Waals surface area contributed by atoms with E-state index in [0.717, 1.165) is 5.57 Å². The van der Waals surface area contributed by atoms with Crippen LogP contribution in [0, 0.1) is 0 Å². The van der Waals surface area contributed by atoms with Crippen LogP contribution in [-0.2, 0) is 4.74 Å². The highest BCUT2D eigenvalue weighted by Gasteiger charge is 2.12. The molecule has 0 aromatic rings. The standard InChI is InChI=1S/C8H10F2O/c1-6-2-4-7(5-3-6)11-8(9)10/h2-4,7-8H,5H2,1H3. The summed E-state index contributed by atoms with van der Waals surface area (Å²) < 4.78 is 27.6. The predicted molar refractivity (Wildman–Crippen MR) is 38.4 cm³/mol. The van der Waals surface area contributed by atoms with Crippen molar-refractivity contribution < 1.29 is 13.5 Å². The van der Waals surface area contributed by atoms with Gasteiger partial charge >= 0.3 is 6.61 Å². The van der Waals surface area contributed by atoms with E-state index < -0.39 is 12.7 Å². The van der Waals surface area contributed by atoms with Gasteiger partial charge in [-0.1, -0.05) is 23.8 Å². The lowest BCUT2D eigenvalue weighted by Crippen LogP contribution is -2.14. The smallest absolute Gasteiger partial charge is 0.315 e. The topological polar surface area (TPSA) is 9.23 Å². The Kier molecular flexibility index (Phi) is 2.76. The highest BCUT2D eigenvalue weighted by Crippen LogP contribution is 2.14. The zero-order chi connectivity index (χ0) is 8.27. The molecule has 0 bridgehead atoms. The highest BCUT2D eigenvalue weighted by molar-refractivity contribution is 5.21. The van der Waals surface area contributed by atoms with Crippen molar-refractivity contribution in [1.82, 2.24) is 0 Å². The zero-order valence-corrected chi connectivity index (χ0v) is 6.26. The van der Waals surface area contributed by atoms with Crippen LogP contribution in [0.25, 0.3) is 0 Å². The molecule has 0 saturated heterocycles. The van der Waals surface area contributed by atoms with Crippen LogP contribution in [0.2, 0.25) is 0 Å². The molecule has 3 heteroatoms. The fourth-order valence-corrected chi connectivity index (χ4v) is 0.941. The van der Waals surface area contributed by atoms with Crippen LogP contribution >= 0.6 is 0 Å². The normalized spacial score (nSPS) is 24.0. The average Bonchev–Trinajstić information content (AvgIpc) is 1.93. The summed E-state index contributed by atoms with van der Waals surface area (Å²) in [6.45, 7) is -0.744. The molecule has 11 heavy (non-hydrogen) atoms. The molecule has 0 amide bonds. The maximum Gasteiger partial charge on any atom is 0.345 e. The van der Waals surface area contributed by atoms with Crippen molar-refractivity contribution in [3.8, 4) is 0 Å². The summed E-state index contributed by atoms with van der Waals surface area (Å²) in [6.07, 6.45) is 5.43. The second-order valence-electron chi connectivity index (χ2n) is 2.48. The van der Waals surface area contributed by atoms with Crippen LogP contribution in [0.15, 0.2) is 23.8 Å².